The van der Waals surface area contributed by atoms with Crippen molar-refractivity contribution in [2.24, 2.45) is 5.73 Å². The number of hydrogen-bond acceptors (Lipinski definition) is 4. The van der Waals surface area contributed by atoms with E-state index in [0.717, 1.165) is 12.8 Å². The average molecular weight is 255 g/mol. The van der Waals surface area contributed by atoms with E-state index in [1.807, 2.05) is 0 Å². The van der Waals surface area contributed by atoms with Gasteiger partial charge in [0, 0.05) is 39.6 Å². The van der Waals surface area contributed by atoms with Crippen LogP contribution in [0, 0.1) is 0 Å². The highest BCUT2D eigenvalue weighted by atomic mass is 16.5. The van der Waals surface area contributed by atoms with Gasteiger partial charge in [0.2, 0.25) is 5.91 Å². The van der Waals surface area contributed by atoms with Gasteiger partial charge in [-0.05, 0) is 12.8 Å². The number of carbonyl (C=O) groups excluding carboxylic acids is 2. The first kappa shape index (κ1) is 13.3. The molecule has 2 atom stereocenters. The normalized spacial score (nSPS) is 28.6. The molecule has 2 fully saturated rings. The van der Waals surface area contributed by atoms with Gasteiger partial charge >= 0.3 is 0 Å². The molecule has 0 aromatic heterocycles. The highest BCUT2D eigenvalue weighted by molar-refractivity contribution is 5.81. The number of piperazine rings is 1. The Morgan fingerprint density at radius 2 is 1.78 bits per heavy atom. The van der Waals surface area contributed by atoms with Crippen LogP contribution in [0.1, 0.15) is 19.8 Å². The lowest BCUT2D eigenvalue weighted by Gasteiger charge is -2.35. The minimum Gasteiger partial charge on any atom is -0.364 e. The summed E-state index contributed by atoms with van der Waals surface area (Å²) in [5.41, 5.74) is 5.53. The number of nitrogens with two attached hydrogens (primary N) is 1. The molecule has 0 aliphatic carbocycles. The molecule has 6 nitrogen and oxygen atoms in total. The summed E-state index contributed by atoms with van der Waals surface area (Å²) in [6.07, 6.45) is 1.31. The molecule has 0 radical (unpaired) electrons. The summed E-state index contributed by atoms with van der Waals surface area (Å²) in [7, 11) is 0. The number of hydrogen-bond donors (Lipinski definition) is 1. The third kappa shape index (κ3) is 2.81. The first-order valence-electron chi connectivity index (χ1n) is 6.51. The number of amides is 2. The van der Waals surface area contributed by atoms with Gasteiger partial charge in [-0.3, -0.25) is 9.59 Å². The molecule has 2 aliphatic heterocycles. The summed E-state index contributed by atoms with van der Waals surface area (Å²) < 4.78 is 5.60. The van der Waals surface area contributed by atoms with Crippen molar-refractivity contribution >= 4 is 11.8 Å². The van der Waals surface area contributed by atoms with Gasteiger partial charge in [-0.1, -0.05) is 0 Å². The molecule has 2 aliphatic rings. The first-order chi connectivity index (χ1) is 8.61. The second-order valence-electron chi connectivity index (χ2n) is 4.89. The predicted octanol–water partition coefficient (Wildman–Crippen LogP) is -0.817. The van der Waals surface area contributed by atoms with Crippen LogP contribution in [0.3, 0.4) is 0 Å². The fourth-order valence-electron chi connectivity index (χ4n) is 2.51. The molecule has 0 spiro atoms. The lowest BCUT2D eigenvalue weighted by molar-refractivity contribution is -0.146. The first-order valence-corrected chi connectivity index (χ1v) is 6.51. The van der Waals surface area contributed by atoms with Gasteiger partial charge in [0.1, 0.15) is 6.10 Å². The van der Waals surface area contributed by atoms with Crippen molar-refractivity contribution in [1.82, 2.24) is 9.80 Å². The highest BCUT2D eigenvalue weighted by Gasteiger charge is 2.34. The molecule has 2 rings (SSSR count). The van der Waals surface area contributed by atoms with E-state index in [4.69, 9.17) is 10.5 Å². The maximum Gasteiger partial charge on any atom is 0.251 e. The molecule has 0 aromatic rings. The van der Waals surface area contributed by atoms with Gasteiger partial charge in [-0.2, -0.15) is 0 Å². The highest BCUT2D eigenvalue weighted by Crippen LogP contribution is 2.21. The second-order valence-corrected chi connectivity index (χ2v) is 4.89. The zero-order valence-corrected chi connectivity index (χ0v) is 10.8. The third-order valence-electron chi connectivity index (χ3n) is 3.68. The van der Waals surface area contributed by atoms with Crippen LogP contribution in [-0.2, 0) is 14.3 Å². The van der Waals surface area contributed by atoms with Crippen LogP contribution in [0.5, 0.6) is 0 Å². The Morgan fingerprint density at radius 3 is 2.28 bits per heavy atom. The van der Waals surface area contributed by atoms with Crippen molar-refractivity contribution in [1.29, 1.82) is 0 Å². The van der Waals surface area contributed by atoms with Gasteiger partial charge in [0.25, 0.3) is 5.91 Å². The molecule has 2 N–H and O–H groups in total. The van der Waals surface area contributed by atoms with Crippen LogP contribution in [0.4, 0.5) is 0 Å². The van der Waals surface area contributed by atoms with E-state index in [1.165, 1.54) is 0 Å². The molecular formula is C12H21N3O3. The van der Waals surface area contributed by atoms with Crippen molar-refractivity contribution in [3.63, 3.8) is 0 Å². The SMILES string of the molecule is CC(=O)N1CCN(C(=O)[C@@H]2CC[C@H](CN)O2)CC1. The summed E-state index contributed by atoms with van der Waals surface area (Å²) in [6.45, 7) is 4.48. The molecule has 6 heteroatoms. The van der Waals surface area contributed by atoms with E-state index in [9.17, 15) is 9.59 Å². The lowest BCUT2D eigenvalue weighted by atomic mass is 10.1. The van der Waals surface area contributed by atoms with E-state index in [0.29, 0.717) is 32.7 Å². The number of carbonyl (C=O) groups is 2. The summed E-state index contributed by atoms with van der Waals surface area (Å²) in [5, 5.41) is 0. The van der Waals surface area contributed by atoms with Crippen LogP contribution in [-0.4, -0.2) is 66.5 Å². The molecule has 0 aromatic carbocycles. The van der Waals surface area contributed by atoms with Gasteiger partial charge in [0.15, 0.2) is 0 Å². The zero-order valence-electron chi connectivity index (χ0n) is 10.8. The second kappa shape index (κ2) is 5.67. The molecule has 18 heavy (non-hydrogen) atoms. The molecule has 0 unspecified atom stereocenters. The smallest absolute Gasteiger partial charge is 0.251 e. The molecule has 102 valence electrons. The Balaban J connectivity index is 1.83. The Labute approximate surface area is 107 Å². The van der Waals surface area contributed by atoms with Gasteiger partial charge in [0.05, 0.1) is 6.10 Å². The fourth-order valence-corrected chi connectivity index (χ4v) is 2.51. The van der Waals surface area contributed by atoms with E-state index in [-0.39, 0.29) is 24.0 Å². The van der Waals surface area contributed by atoms with Crippen LogP contribution < -0.4 is 5.73 Å². The Hall–Kier alpha value is -1.14. The van der Waals surface area contributed by atoms with Crippen LogP contribution in [0.25, 0.3) is 0 Å². The van der Waals surface area contributed by atoms with Crippen LogP contribution in [0.15, 0.2) is 0 Å². The molecular weight excluding hydrogens is 234 g/mol. The van der Waals surface area contributed by atoms with Crippen molar-refractivity contribution in [3.8, 4) is 0 Å². The molecule has 2 heterocycles. The van der Waals surface area contributed by atoms with E-state index in [1.54, 1.807) is 16.7 Å². The molecule has 2 saturated heterocycles. The Bertz CT molecular complexity index is 327. The van der Waals surface area contributed by atoms with Crippen molar-refractivity contribution < 1.29 is 14.3 Å². The van der Waals surface area contributed by atoms with Gasteiger partial charge < -0.3 is 20.3 Å². The number of ether oxygens (including phenoxy) is 1. The average Bonchev–Trinajstić information content (AvgIpc) is 2.86. The predicted molar refractivity (Wildman–Crippen MR) is 65.8 cm³/mol. The van der Waals surface area contributed by atoms with Crippen LogP contribution >= 0.6 is 0 Å². The van der Waals surface area contributed by atoms with Crippen LogP contribution in [0.2, 0.25) is 0 Å². The minimum atomic E-state index is -0.331. The molecule has 0 bridgehead atoms. The standard InChI is InChI=1S/C12H21N3O3/c1-9(16)14-4-6-15(7-5-14)12(17)11-3-2-10(8-13)18-11/h10-11H,2-8,13H2,1H3/t10-,11+/m1/s1. The lowest BCUT2D eigenvalue weighted by Crippen LogP contribution is -2.52. The maximum absolute atomic E-state index is 12.2. The largest absolute Gasteiger partial charge is 0.364 e. The topological polar surface area (TPSA) is 75.9 Å². The number of rotatable bonds is 2. The van der Waals surface area contributed by atoms with Crippen molar-refractivity contribution in [2.45, 2.75) is 32.0 Å². The minimum absolute atomic E-state index is 0.0254. The van der Waals surface area contributed by atoms with Gasteiger partial charge in [-0.25, -0.2) is 0 Å². The van der Waals surface area contributed by atoms with Gasteiger partial charge in [-0.15, -0.1) is 0 Å². The number of nitrogens with zero attached hydrogens (tertiary/aromatic N) is 2. The van der Waals surface area contributed by atoms with E-state index >= 15 is 0 Å². The monoisotopic (exact) mass is 255 g/mol. The maximum atomic E-state index is 12.2. The summed E-state index contributed by atoms with van der Waals surface area (Å²) in [5.74, 6) is 0.122. The zero-order chi connectivity index (χ0) is 13.1. The molecule has 0 saturated carbocycles. The van der Waals surface area contributed by atoms with Crippen molar-refractivity contribution in [2.75, 3.05) is 32.7 Å². The summed E-state index contributed by atoms with van der Waals surface area (Å²) in [6, 6.07) is 0. The Morgan fingerprint density at radius 1 is 1.17 bits per heavy atom. The fraction of sp³-hybridized carbons (Fsp3) is 0.833. The summed E-state index contributed by atoms with van der Waals surface area (Å²) >= 11 is 0. The van der Waals surface area contributed by atoms with E-state index in [2.05, 4.69) is 0 Å². The Kier molecular flexibility index (Phi) is 4.19. The summed E-state index contributed by atoms with van der Waals surface area (Å²) in [4.78, 5) is 27.0. The van der Waals surface area contributed by atoms with Crippen molar-refractivity contribution in [3.05, 3.63) is 0 Å². The molecule has 2 amide bonds. The van der Waals surface area contributed by atoms with E-state index < -0.39 is 0 Å². The third-order valence-corrected chi connectivity index (χ3v) is 3.68. The quantitative estimate of drug-likeness (QED) is 0.700.